The van der Waals surface area contributed by atoms with Gasteiger partial charge in [0.1, 0.15) is 0 Å². The number of hydrogen-bond acceptors (Lipinski definition) is 5. The average molecular weight is 296 g/mol. The molecule has 0 aromatic carbocycles. The van der Waals surface area contributed by atoms with Crippen molar-refractivity contribution < 1.29 is 14.7 Å². The van der Waals surface area contributed by atoms with Crippen LogP contribution in [0.15, 0.2) is 22.9 Å². The van der Waals surface area contributed by atoms with Crippen molar-refractivity contribution in [2.24, 2.45) is 0 Å². The summed E-state index contributed by atoms with van der Waals surface area (Å²) in [6, 6.07) is 3.83. The largest absolute Gasteiger partial charge is 0.476 e. The summed E-state index contributed by atoms with van der Waals surface area (Å²) in [5.74, 6) is -1.05. The zero-order valence-electron chi connectivity index (χ0n) is 9.96. The van der Waals surface area contributed by atoms with Gasteiger partial charge in [-0.05, 0) is 11.4 Å². The van der Waals surface area contributed by atoms with Gasteiger partial charge in [0, 0.05) is 23.2 Å². The number of thiazole rings is 1. The highest BCUT2D eigenvalue weighted by Gasteiger charge is 2.09. The lowest BCUT2D eigenvalue weighted by atomic mass is 10.3. The number of aromatic nitrogens is 1. The first-order chi connectivity index (χ1) is 9.15. The standard InChI is InChI=1S/C12H12N2O3S2/c15-10(6-8-2-1-5-18-8)13-4-3-11-14-9(7-19-11)12(16)17/h1-2,5,7H,3-4,6H2,(H,13,15)(H,16,17). The molecule has 2 N–H and O–H groups in total. The minimum atomic E-state index is -1.02. The summed E-state index contributed by atoms with van der Waals surface area (Å²) in [4.78, 5) is 27.2. The molecule has 0 aliphatic rings. The zero-order valence-corrected chi connectivity index (χ0v) is 11.6. The van der Waals surface area contributed by atoms with Crippen molar-refractivity contribution in [1.29, 1.82) is 0 Å². The van der Waals surface area contributed by atoms with Gasteiger partial charge in [-0.25, -0.2) is 9.78 Å². The van der Waals surface area contributed by atoms with Crippen LogP contribution in [-0.2, 0) is 17.6 Å². The number of carbonyl (C=O) groups excluding carboxylic acids is 1. The number of nitrogens with one attached hydrogen (secondary N) is 1. The molecule has 2 heterocycles. The van der Waals surface area contributed by atoms with Crippen LogP contribution in [0.2, 0.25) is 0 Å². The predicted octanol–water partition coefficient (Wildman–Crippen LogP) is 1.80. The quantitative estimate of drug-likeness (QED) is 0.852. The third-order valence-electron chi connectivity index (χ3n) is 2.35. The minimum absolute atomic E-state index is 0.0301. The SMILES string of the molecule is O=C(Cc1cccs1)NCCc1nc(C(=O)O)cs1. The van der Waals surface area contributed by atoms with Crippen molar-refractivity contribution in [3.8, 4) is 0 Å². The Morgan fingerprint density at radius 3 is 2.84 bits per heavy atom. The summed E-state index contributed by atoms with van der Waals surface area (Å²) in [6.45, 7) is 0.469. The summed E-state index contributed by atoms with van der Waals surface area (Å²) in [5, 5.41) is 15.7. The Balaban J connectivity index is 1.73. The van der Waals surface area contributed by atoms with Crippen molar-refractivity contribution in [3.05, 3.63) is 38.5 Å². The van der Waals surface area contributed by atoms with Gasteiger partial charge in [-0.1, -0.05) is 6.07 Å². The van der Waals surface area contributed by atoms with Crippen molar-refractivity contribution >= 4 is 34.6 Å². The van der Waals surface area contributed by atoms with Gasteiger partial charge in [0.15, 0.2) is 5.69 Å². The molecule has 1 amide bonds. The summed E-state index contributed by atoms with van der Waals surface area (Å²) in [5.41, 5.74) is 0.0601. The normalized spacial score (nSPS) is 10.3. The van der Waals surface area contributed by atoms with E-state index in [4.69, 9.17) is 5.11 Å². The molecule has 2 rings (SSSR count). The molecule has 0 saturated heterocycles. The Morgan fingerprint density at radius 1 is 1.37 bits per heavy atom. The van der Waals surface area contributed by atoms with Gasteiger partial charge in [0.25, 0.3) is 0 Å². The van der Waals surface area contributed by atoms with Crippen LogP contribution in [0.25, 0.3) is 0 Å². The van der Waals surface area contributed by atoms with E-state index in [0.29, 0.717) is 24.4 Å². The van der Waals surface area contributed by atoms with Gasteiger partial charge < -0.3 is 10.4 Å². The third kappa shape index (κ3) is 4.15. The Bertz CT molecular complexity index is 563. The average Bonchev–Trinajstić information content (AvgIpc) is 3.00. The van der Waals surface area contributed by atoms with Crippen molar-refractivity contribution in [3.63, 3.8) is 0 Å². The fourth-order valence-corrected chi connectivity index (χ4v) is 2.94. The summed E-state index contributed by atoms with van der Waals surface area (Å²) >= 11 is 2.84. The van der Waals surface area contributed by atoms with E-state index in [-0.39, 0.29) is 11.6 Å². The first-order valence-electron chi connectivity index (χ1n) is 5.62. The van der Waals surface area contributed by atoms with Crippen LogP contribution in [0.1, 0.15) is 20.4 Å². The number of carboxylic acids is 1. The molecule has 0 atom stereocenters. The van der Waals surface area contributed by atoms with E-state index >= 15 is 0 Å². The molecule has 0 spiro atoms. The lowest BCUT2D eigenvalue weighted by Crippen LogP contribution is -2.26. The van der Waals surface area contributed by atoms with E-state index in [1.165, 1.54) is 16.7 Å². The fraction of sp³-hybridized carbons (Fsp3) is 0.250. The maximum atomic E-state index is 11.6. The van der Waals surface area contributed by atoms with E-state index in [2.05, 4.69) is 10.3 Å². The van der Waals surface area contributed by atoms with E-state index < -0.39 is 5.97 Å². The molecule has 100 valence electrons. The molecular weight excluding hydrogens is 284 g/mol. The van der Waals surface area contributed by atoms with E-state index in [0.717, 1.165) is 4.88 Å². The van der Waals surface area contributed by atoms with E-state index in [9.17, 15) is 9.59 Å². The molecule has 19 heavy (non-hydrogen) atoms. The van der Waals surface area contributed by atoms with Gasteiger partial charge in [-0.3, -0.25) is 4.79 Å². The number of amides is 1. The lowest BCUT2D eigenvalue weighted by molar-refractivity contribution is -0.120. The van der Waals surface area contributed by atoms with Crippen molar-refractivity contribution in [1.82, 2.24) is 10.3 Å². The maximum absolute atomic E-state index is 11.6. The molecule has 5 nitrogen and oxygen atoms in total. The number of hydrogen-bond donors (Lipinski definition) is 2. The molecule has 0 bridgehead atoms. The zero-order chi connectivity index (χ0) is 13.7. The first kappa shape index (κ1) is 13.7. The lowest BCUT2D eigenvalue weighted by Gasteiger charge is -2.02. The van der Waals surface area contributed by atoms with Crippen molar-refractivity contribution in [2.45, 2.75) is 12.8 Å². The molecule has 0 aliphatic carbocycles. The van der Waals surface area contributed by atoms with Gasteiger partial charge in [0.2, 0.25) is 5.91 Å². The van der Waals surface area contributed by atoms with Crippen LogP contribution >= 0.6 is 22.7 Å². The topological polar surface area (TPSA) is 79.3 Å². The number of carboxylic acid groups (broad SMARTS) is 1. The molecule has 0 aliphatic heterocycles. The van der Waals surface area contributed by atoms with Crippen LogP contribution in [0.5, 0.6) is 0 Å². The molecule has 0 radical (unpaired) electrons. The van der Waals surface area contributed by atoms with Crippen LogP contribution in [0, 0.1) is 0 Å². The second kappa shape index (κ2) is 6.44. The van der Waals surface area contributed by atoms with E-state index in [1.807, 2.05) is 17.5 Å². The first-order valence-corrected chi connectivity index (χ1v) is 7.38. The predicted molar refractivity (Wildman–Crippen MR) is 73.8 cm³/mol. The molecule has 0 fully saturated rings. The summed E-state index contributed by atoms with van der Waals surface area (Å²) in [7, 11) is 0. The van der Waals surface area contributed by atoms with E-state index in [1.54, 1.807) is 11.3 Å². The Morgan fingerprint density at radius 2 is 2.21 bits per heavy atom. The van der Waals surface area contributed by atoms with Gasteiger partial charge in [-0.2, -0.15) is 0 Å². The molecule has 0 saturated carbocycles. The molecular formula is C12H12N2O3S2. The van der Waals surface area contributed by atoms with Crippen LogP contribution in [-0.4, -0.2) is 28.5 Å². The maximum Gasteiger partial charge on any atom is 0.355 e. The molecule has 2 aromatic rings. The number of aromatic carboxylic acids is 1. The summed E-state index contributed by atoms with van der Waals surface area (Å²) < 4.78 is 0. The number of carbonyl (C=O) groups is 2. The smallest absolute Gasteiger partial charge is 0.355 e. The highest BCUT2D eigenvalue weighted by Crippen LogP contribution is 2.10. The van der Waals surface area contributed by atoms with Crippen LogP contribution in [0.3, 0.4) is 0 Å². The Labute approximate surface area is 117 Å². The fourth-order valence-electron chi connectivity index (χ4n) is 1.47. The minimum Gasteiger partial charge on any atom is -0.476 e. The van der Waals surface area contributed by atoms with Gasteiger partial charge >= 0.3 is 5.97 Å². The molecule has 7 heteroatoms. The highest BCUT2D eigenvalue weighted by atomic mass is 32.1. The monoisotopic (exact) mass is 296 g/mol. The number of thiophene rings is 1. The van der Waals surface area contributed by atoms with Gasteiger partial charge in [-0.15, -0.1) is 22.7 Å². The van der Waals surface area contributed by atoms with Crippen molar-refractivity contribution in [2.75, 3.05) is 6.54 Å². The number of nitrogens with zero attached hydrogens (tertiary/aromatic N) is 1. The highest BCUT2D eigenvalue weighted by molar-refractivity contribution is 7.10. The van der Waals surface area contributed by atoms with Crippen LogP contribution < -0.4 is 5.32 Å². The third-order valence-corrected chi connectivity index (χ3v) is 4.13. The second-order valence-corrected chi connectivity index (χ2v) is 5.76. The van der Waals surface area contributed by atoms with Gasteiger partial charge in [0.05, 0.1) is 11.4 Å². The number of rotatable bonds is 6. The van der Waals surface area contributed by atoms with Crippen LogP contribution in [0.4, 0.5) is 0 Å². The molecule has 2 aromatic heterocycles. The second-order valence-electron chi connectivity index (χ2n) is 3.79. The molecule has 0 unspecified atom stereocenters. The Hall–Kier alpha value is -1.73. The Kier molecular flexibility index (Phi) is 4.64. The summed E-state index contributed by atoms with van der Waals surface area (Å²) in [6.07, 6.45) is 0.935.